The van der Waals surface area contributed by atoms with Crippen molar-refractivity contribution >= 4 is 22.5 Å². The lowest BCUT2D eigenvalue weighted by atomic mass is 9.99. The lowest BCUT2D eigenvalue weighted by Gasteiger charge is -2.29. The van der Waals surface area contributed by atoms with Gasteiger partial charge in [-0.25, -0.2) is 4.79 Å². The number of urea groups is 1. The van der Waals surface area contributed by atoms with Crippen LogP contribution in [0, 0.1) is 17.2 Å². The molecule has 2 aromatic carbocycles. The highest BCUT2D eigenvalue weighted by Crippen LogP contribution is 2.24. The standard InChI is InChI=1S/C17H17N3O/c18-12-13-8-10-20(11-9-13)17(21)19-16-7-3-5-14-4-1-2-6-15(14)16/h1-7,13H,8-11H2,(H,19,21). The van der Waals surface area contributed by atoms with Gasteiger partial charge in [0.2, 0.25) is 0 Å². The summed E-state index contributed by atoms with van der Waals surface area (Å²) in [5.74, 6) is 0.0894. The third-order valence-corrected chi connectivity index (χ3v) is 4.00. The predicted molar refractivity (Wildman–Crippen MR) is 82.9 cm³/mol. The molecular weight excluding hydrogens is 262 g/mol. The number of hydrogen-bond acceptors (Lipinski definition) is 2. The summed E-state index contributed by atoms with van der Waals surface area (Å²) in [6.07, 6.45) is 1.53. The molecule has 21 heavy (non-hydrogen) atoms. The zero-order valence-corrected chi connectivity index (χ0v) is 11.7. The minimum Gasteiger partial charge on any atom is -0.324 e. The van der Waals surface area contributed by atoms with Gasteiger partial charge in [-0.2, -0.15) is 5.26 Å². The van der Waals surface area contributed by atoms with E-state index >= 15 is 0 Å². The Morgan fingerprint density at radius 1 is 1.14 bits per heavy atom. The maximum Gasteiger partial charge on any atom is 0.321 e. The number of fused-ring (bicyclic) bond motifs is 1. The van der Waals surface area contributed by atoms with E-state index < -0.39 is 0 Å². The lowest BCUT2D eigenvalue weighted by molar-refractivity contribution is 0.192. The molecule has 0 aliphatic carbocycles. The van der Waals surface area contributed by atoms with E-state index in [1.54, 1.807) is 4.90 Å². The van der Waals surface area contributed by atoms with Crippen LogP contribution < -0.4 is 5.32 Å². The molecule has 1 heterocycles. The van der Waals surface area contributed by atoms with Gasteiger partial charge < -0.3 is 10.2 Å². The second kappa shape index (κ2) is 5.84. The molecule has 0 radical (unpaired) electrons. The van der Waals surface area contributed by atoms with Crippen LogP contribution in [0.15, 0.2) is 42.5 Å². The van der Waals surface area contributed by atoms with Crippen molar-refractivity contribution in [3.8, 4) is 6.07 Å². The topological polar surface area (TPSA) is 56.1 Å². The molecule has 1 aliphatic rings. The zero-order valence-electron chi connectivity index (χ0n) is 11.7. The minimum atomic E-state index is -0.0808. The fourth-order valence-corrected chi connectivity index (χ4v) is 2.74. The van der Waals surface area contributed by atoms with Gasteiger partial charge in [0.1, 0.15) is 0 Å². The number of rotatable bonds is 1. The molecule has 4 heteroatoms. The van der Waals surface area contributed by atoms with Crippen LogP contribution in [0.4, 0.5) is 10.5 Å². The van der Waals surface area contributed by atoms with Crippen molar-refractivity contribution < 1.29 is 4.79 Å². The molecule has 0 spiro atoms. The summed E-state index contributed by atoms with van der Waals surface area (Å²) in [6.45, 7) is 1.30. The number of piperidine rings is 1. The number of anilines is 1. The van der Waals surface area contributed by atoms with Crippen molar-refractivity contribution in [3.63, 3.8) is 0 Å². The Morgan fingerprint density at radius 3 is 2.62 bits per heavy atom. The number of benzene rings is 2. The average Bonchev–Trinajstić information content (AvgIpc) is 2.55. The van der Waals surface area contributed by atoms with Gasteiger partial charge in [0.05, 0.1) is 11.8 Å². The number of nitrogens with one attached hydrogen (secondary N) is 1. The normalized spacial score (nSPS) is 15.7. The van der Waals surface area contributed by atoms with Crippen LogP contribution in [0.25, 0.3) is 10.8 Å². The molecule has 3 rings (SSSR count). The van der Waals surface area contributed by atoms with Crippen LogP contribution in [-0.2, 0) is 0 Å². The third kappa shape index (κ3) is 2.82. The number of carbonyl (C=O) groups excluding carboxylic acids is 1. The Kier molecular flexibility index (Phi) is 3.74. The lowest BCUT2D eigenvalue weighted by Crippen LogP contribution is -2.40. The molecule has 1 saturated heterocycles. The quantitative estimate of drug-likeness (QED) is 0.867. The van der Waals surface area contributed by atoms with Crippen LogP contribution in [0.3, 0.4) is 0 Å². The first-order valence-corrected chi connectivity index (χ1v) is 7.21. The number of carbonyl (C=O) groups is 1. The van der Waals surface area contributed by atoms with Gasteiger partial charge in [-0.05, 0) is 24.3 Å². The van der Waals surface area contributed by atoms with Crippen LogP contribution >= 0.6 is 0 Å². The van der Waals surface area contributed by atoms with Crippen molar-refractivity contribution in [1.29, 1.82) is 5.26 Å². The number of nitriles is 1. The Labute approximate surface area is 124 Å². The van der Waals surface area contributed by atoms with Crippen LogP contribution in [0.1, 0.15) is 12.8 Å². The second-order valence-corrected chi connectivity index (χ2v) is 5.35. The van der Waals surface area contributed by atoms with Gasteiger partial charge >= 0.3 is 6.03 Å². The van der Waals surface area contributed by atoms with Gasteiger partial charge in [-0.3, -0.25) is 0 Å². The third-order valence-electron chi connectivity index (χ3n) is 4.00. The molecule has 1 fully saturated rings. The van der Waals surface area contributed by atoms with E-state index in [4.69, 9.17) is 5.26 Å². The Bertz CT molecular complexity index is 691. The van der Waals surface area contributed by atoms with E-state index in [1.807, 2.05) is 42.5 Å². The summed E-state index contributed by atoms with van der Waals surface area (Å²) in [5.41, 5.74) is 0.834. The molecule has 0 bridgehead atoms. The summed E-state index contributed by atoms with van der Waals surface area (Å²) in [5, 5.41) is 14.0. The van der Waals surface area contributed by atoms with Crippen LogP contribution in [-0.4, -0.2) is 24.0 Å². The number of likely N-dealkylation sites (tertiary alicyclic amines) is 1. The van der Waals surface area contributed by atoms with Crippen molar-refractivity contribution in [1.82, 2.24) is 4.90 Å². The zero-order chi connectivity index (χ0) is 14.7. The second-order valence-electron chi connectivity index (χ2n) is 5.35. The van der Waals surface area contributed by atoms with Crippen molar-refractivity contribution in [2.45, 2.75) is 12.8 Å². The van der Waals surface area contributed by atoms with Crippen LogP contribution in [0.5, 0.6) is 0 Å². The smallest absolute Gasteiger partial charge is 0.321 e. The maximum atomic E-state index is 12.3. The summed E-state index contributed by atoms with van der Waals surface area (Å²) < 4.78 is 0. The molecule has 0 unspecified atom stereocenters. The summed E-state index contributed by atoms with van der Waals surface area (Å²) >= 11 is 0. The summed E-state index contributed by atoms with van der Waals surface area (Å²) in [4.78, 5) is 14.1. The maximum absolute atomic E-state index is 12.3. The Balaban J connectivity index is 1.74. The molecular formula is C17H17N3O. The number of nitrogens with zero attached hydrogens (tertiary/aromatic N) is 2. The number of hydrogen-bond donors (Lipinski definition) is 1. The van der Waals surface area contributed by atoms with E-state index in [-0.39, 0.29) is 11.9 Å². The molecule has 2 amide bonds. The predicted octanol–water partition coefficient (Wildman–Crippen LogP) is 3.61. The largest absolute Gasteiger partial charge is 0.324 e. The molecule has 106 valence electrons. The molecule has 2 aromatic rings. The molecule has 0 saturated carbocycles. The first kappa shape index (κ1) is 13.4. The fraction of sp³-hybridized carbons (Fsp3) is 0.294. The highest BCUT2D eigenvalue weighted by molar-refractivity contribution is 6.01. The average molecular weight is 279 g/mol. The van der Waals surface area contributed by atoms with Crippen molar-refractivity contribution in [2.75, 3.05) is 18.4 Å². The SMILES string of the molecule is N#CC1CCN(C(=O)Nc2cccc3ccccc23)CC1. The monoisotopic (exact) mass is 279 g/mol. The highest BCUT2D eigenvalue weighted by Gasteiger charge is 2.22. The molecule has 0 atom stereocenters. The first-order valence-electron chi connectivity index (χ1n) is 7.21. The molecule has 4 nitrogen and oxygen atoms in total. The molecule has 0 aromatic heterocycles. The summed E-state index contributed by atoms with van der Waals surface area (Å²) in [7, 11) is 0. The van der Waals surface area contributed by atoms with E-state index in [2.05, 4.69) is 11.4 Å². The number of amides is 2. The highest BCUT2D eigenvalue weighted by atomic mass is 16.2. The van der Waals surface area contributed by atoms with Crippen molar-refractivity contribution in [2.24, 2.45) is 5.92 Å². The van der Waals surface area contributed by atoms with Crippen LogP contribution in [0.2, 0.25) is 0 Å². The summed E-state index contributed by atoms with van der Waals surface area (Å²) in [6, 6.07) is 16.1. The van der Waals surface area contributed by atoms with Crippen molar-refractivity contribution in [3.05, 3.63) is 42.5 Å². The van der Waals surface area contributed by atoms with Gasteiger partial charge in [0.15, 0.2) is 0 Å². The molecule has 1 aliphatic heterocycles. The van der Waals surface area contributed by atoms with Gasteiger partial charge in [0.25, 0.3) is 0 Å². The Morgan fingerprint density at radius 2 is 1.86 bits per heavy atom. The van der Waals surface area contributed by atoms with E-state index in [1.165, 1.54) is 0 Å². The van der Waals surface area contributed by atoms with Gasteiger partial charge in [-0.15, -0.1) is 0 Å². The van der Waals surface area contributed by atoms with Gasteiger partial charge in [0, 0.05) is 24.4 Å². The first-order chi connectivity index (χ1) is 10.3. The Hall–Kier alpha value is -2.54. The van der Waals surface area contributed by atoms with E-state index in [0.717, 1.165) is 29.3 Å². The minimum absolute atomic E-state index is 0.0808. The fourth-order valence-electron chi connectivity index (χ4n) is 2.74. The van der Waals surface area contributed by atoms with E-state index in [0.29, 0.717) is 13.1 Å². The van der Waals surface area contributed by atoms with E-state index in [9.17, 15) is 4.79 Å². The van der Waals surface area contributed by atoms with Gasteiger partial charge in [-0.1, -0.05) is 36.4 Å². The molecule has 1 N–H and O–H groups in total.